The van der Waals surface area contributed by atoms with Crippen molar-refractivity contribution in [2.24, 2.45) is 0 Å². The van der Waals surface area contributed by atoms with E-state index in [1.807, 2.05) is 6.92 Å². The minimum absolute atomic E-state index is 0.107. The third-order valence-corrected chi connectivity index (χ3v) is 3.87. The van der Waals surface area contributed by atoms with E-state index < -0.39 is 11.9 Å². The summed E-state index contributed by atoms with van der Waals surface area (Å²) in [5.74, 6) is -0.366. The Morgan fingerprint density at radius 3 is 2.84 bits per heavy atom. The normalized spacial score (nSPS) is 10.4. The molecular weight excluding hydrogens is 345 g/mol. The third-order valence-electron chi connectivity index (χ3n) is 3.00. The maximum absolute atomic E-state index is 13.2. The van der Waals surface area contributed by atoms with Crippen molar-refractivity contribution in [1.29, 1.82) is 0 Å². The van der Waals surface area contributed by atoms with Crippen molar-refractivity contribution in [3.63, 3.8) is 0 Å². The van der Waals surface area contributed by atoms with Gasteiger partial charge >= 0.3 is 6.09 Å². The molecule has 0 aliphatic carbocycles. The number of carbonyl (C=O) groups excluding carboxylic acids is 1. The van der Waals surface area contributed by atoms with Gasteiger partial charge in [0, 0.05) is 23.6 Å². The van der Waals surface area contributed by atoms with Crippen molar-refractivity contribution >= 4 is 33.8 Å². The lowest BCUT2D eigenvalue weighted by molar-refractivity contribution is 0.214. The predicted octanol–water partition coefficient (Wildman–Crippen LogP) is 4.04. The van der Waals surface area contributed by atoms with Crippen LogP contribution in [0.5, 0.6) is 5.88 Å². The molecule has 0 fully saturated rings. The summed E-state index contributed by atoms with van der Waals surface area (Å²) in [6, 6.07) is 4.65. The maximum atomic E-state index is 13.2. The van der Waals surface area contributed by atoms with Gasteiger partial charge in [0.05, 0.1) is 23.1 Å². The first-order chi connectivity index (χ1) is 12.0. The zero-order valence-electron chi connectivity index (χ0n) is 13.4. The van der Waals surface area contributed by atoms with Crippen LogP contribution in [0.1, 0.15) is 10.7 Å². The SMILES string of the molecule is Cc1cc(NC(=O)Oc2nc(C)sc2Nc2cncc(F)c2)ccn1. The molecule has 128 valence electrons. The molecule has 7 nitrogen and oxygen atoms in total. The van der Waals surface area contributed by atoms with Gasteiger partial charge in [0.2, 0.25) is 0 Å². The van der Waals surface area contributed by atoms with Crippen LogP contribution in [-0.4, -0.2) is 21.0 Å². The fourth-order valence-corrected chi connectivity index (χ4v) is 2.79. The molecule has 0 spiro atoms. The van der Waals surface area contributed by atoms with Crippen LogP contribution in [0.2, 0.25) is 0 Å². The summed E-state index contributed by atoms with van der Waals surface area (Å²) in [7, 11) is 0. The zero-order valence-corrected chi connectivity index (χ0v) is 14.2. The van der Waals surface area contributed by atoms with Gasteiger partial charge in [0.25, 0.3) is 5.88 Å². The van der Waals surface area contributed by atoms with E-state index in [0.29, 0.717) is 21.4 Å². The van der Waals surface area contributed by atoms with E-state index in [9.17, 15) is 9.18 Å². The van der Waals surface area contributed by atoms with Gasteiger partial charge in [0.15, 0.2) is 5.00 Å². The van der Waals surface area contributed by atoms with Gasteiger partial charge in [-0.2, -0.15) is 0 Å². The van der Waals surface area contributed by atoms with Crippen molar-refractivity contribution < 1.29 is 13.9 Å². The number of nitrogens with one attached hydrogen (secondary N) is 2. The first-order valence-corrected chi connectivity index (χ1v) is 8.08. The lowest BCUT2D eigenvalue weighted by Crippen LogP contribution is -2.17. The molecule has 0 aliphatic rings. The molecule has 0 radical (unpaired) electrons. The molecule has 25 heavy (non-hydrogen) atoms. The van der Waals surface area contributed by atoms with E-state index in [2.05, 4.69) is 25.6 Å². The highest BCUT2D eigenvalue weighted by Crippen LogP contribution is 2.33. The summed E-state index contributed by atoms with van der Waals surface area (Å²) in [6.07, 6.45) is 3.46. The number of rotatable bonds is 4. The molecule has 0 saturated heterocycles. The van der Waals surface area contributed by atoms with Gasteiger partial charge < -0.3 is 10.1 Å². The number of hydrogen-bond acceptors (Lipinski definition) is 7. The standard InChI is InChI=1S/C16H14FN5O2S/c1-9-5-12(3-4-19-9)22-16(23)24-14-15(25-10(2)20-14)21-13-6-11(17)7-18-8-13/h3-8,21H,1-2H3,(H,19,22,23). The Labute approximate surface area is 146 Å². The number of halogens is 1. The number of thiazole rings is 1. The first-order valence-electron chi connectivity index (χ1n) is 7.26. The molecule has 0 atom stereocenters. The van der Waals surface area contributed by atoms with Crippen molar-refractivity contribution in [3.8, 4) is 5.88 Å². The van der Waals surface area contributed by atoms with Crippen LogP contribution in [0.4, 0.5) is 25.6 Å². The largest absolute Gasteiger partial charge is 0.418 e. The number of carbonyl (C=O) groups is 1. The molecule has 0 aliphatic heterocycles. The van der Waals surface area contributed by atoms with Gasteiger partial charge in [-0.15, -0.1) is 0 Å². The van der Waals surface area contributed by atoms with Crippen LogP contribution < -0.4 is 15.4 Å². The Morgan fingerprint density at radius 2 is 2.08 bits per heavy atom. The van der Waals surface area contributed by atoms with Gasteiger partial charge in [0.1, 0.15) is 5.82 Å². The molecule has 3 heterocycles. The Balaban J connectivity index is 1.73. The van der Waals surface area contributed by atoms with Crippen LogP contribution in [0.3, 0.4) is 0 Å². The minimum atomic E-state index is -0.684. The number of aromatic nitrogens is 3. The quantitative estimate of drug-likeness (QED) is 0.731. The van der Waals surface area contributed by atoms with Gasteiger partial charge in [-0.3, -0.25) is 15.3 Å². The highest BCUT2D eigenvalue weighted by molar-refractivity contribution is 7.16. The molecule has 0 saturated carbocycles. The average molecular weight is 359 g/mol. The Hall–Kier alpha value is -3.07. The fourth-order valence-electron chi connectivity index (χ4n) is 2.02. The second-order valence-corrected chi connectivity index (χ2v) is 6.29. The molecule has 3 aromatic heterocycles. The lowest BCUT2D eigenvalue weighted by Gasteiger charge is -2.08. The molecule has 0 bridgehead atoms. The summed E-state index contributed by atoms with van der Waals surface area (Å²) in [4.78, 5) is 24.1. The first kappa shape index (κ1) is 16.8. The number of amides is 1. The van der Waals surface area contributed by atoms with Crippen LogP contribution in [0, 0.1) is 19.7 Å². The molecule has 2 N–H and O–H groups in total. The smallest absolute Gasteiger partial charge is 0.388 e. The van der Waals surface area contributed by atoms with Crippen LogP contribution in [0.15, 0.2) is 36.8 Å². The number of nitrogens with zero attached hydrogens (tertiary/aromatic N) is 3. The summed E-state index contributed by atoms with van der Waals surface area (Å²) in [5, 5.41) is 6.72. The van der Waals surface area contributed by atoms with Crippen molar-refractivity contribution in [2.45, 2.75) is 13.8 Å². The molecule has 1 amide bonds. The second-order valence-electron chi connectivity index (χ2n) is 5.08. The summed E-state index contributed by atoms with van der Waals surface area (Å²) >= 11 is 1.28. The zero-order chi connectivity index (χ0) is 17.8. The lowest BCUT2D eigenvalue weighted by atomic mass is 10.3. The minimum Gasteiger partial charge on any atom is -0.388 e. The van der Waals surface area contributed by atoms with Gasteiger partial charge in [-0.05, 0) is 26.0 Å². The predicted molar refractivity (Wildman–Crippen MR) is 92.9 cm³/mol. The van der Waals surface area contributed by atoms with Crippen molar-refractivity contribution in [1.82, 2.24) is 15.0 Å². The number of pyridine rings is 2. The molecule has 0 unspecified atom stereocenters. The highest BCUT2D eigenvalue weighted by Gasteiger charge is 2.15. The Kier molecular flexibility index (Phi) is 4.85. The molecule has 3 rings (SSSR count). The van der Waals surface area contributed by atoms with Crippen LogP contribution >= 0.6 is 11.3 Å². The van der Waals surface area contributed by atoms with E-state index >= 15 is 0 Å². The van der Waals surface area contributed by atoms with Gasteiger partial charge in [-0.25, -0.2) is 14.2 Å². The Bertz CT molecular complexity index is 915. The Morgan fingerprint density at radius 1 is 1.24 bits per heavy atom. The van der Waals surface area contributed by atoms with E-state index in [-0.39, 0.29) is 5.88 Å². The maximum Gasteiger partial charge on any atom is 0.418 e. The van der Waals surface area contributed by atoms with E-state index in [1.54, 1.807) is 25.3 Å². The molecule has 0 aromatic carbocycles. The molecular formula is C16H14FN5O2S. The monoisotopic (exact) mass is 359 g/mol. The topological polar surface area (TPSA) is 89.0 Å². The second kappa shape index (κ2) is 7.22. The van der Waals surface area contributed by atoms with Crippen molar-refractivity contribution in [2.75, 3.05) is 10.6 Å². The van der Waals surface area contributed by atoms with Crippen LogP contribution in [0.25, 0.3) is 0 Å². The third kappa shape index (κ3) is 4.48. The summed E-state index contributed by atoms with van der Waals surface area (Å²) < 4.78 is 18.5. The fraction of sp³-hybridized carbons (Fsp3) is 0.125. The van der Waals surface area contributed by atoms with Crippen molar-refractivity contribution in [3.05, 3.63) is 53.3 Å². The number of aryl methyl sites for hydroxylation is 2. The number of anilines is 3. The average Bonchev–Trinajstić information content (AvgIpc) is 2.86. The van der Waals surface area contributed by atoms with E-state index in [1.165, 1.54) is 23.6 Å². The molecule has 3 aromatic rings. The molecule has 9 heteroatoms. The van der Waals surface area contributed by atoms with E-state index in [0.717, 1.165) is 11.9 Å². The van der Waals surface area contributed by atoms with Gasteiger partial charge in [-0.1, -0.05) is 11.3 Å². The summed E-state index contributed by atoms with van der Waals surface area (Å²) in [6.45, 7) is 3.59. The number of hydrogen-bond donors (Lipinski definition) is 2. The highest BCUT2D eigenvalue weighted by atomic mass is 32.1. The number of ether oxygens (including phenoxy) is 1. The van der Waals surface area contributed by atoms with E-state index in [4.69, 9.17) is 4.74 Å². The van der Waals surface area contributed by atoms with Crippen LogP contribution in [-0.2, 0) is 0 Å². The summed E-state index contributed by atoms with van der Waals surface area (Å²) in [5.41, 5.74) is 1.76.